The number of fused-ring (bicyclic) bond motifs is 1. The van der Waals surface area contributed by atoms with E-state index < -0.39 is 0 Å². The van der Waals surface area contributed by atoms with E-state index in [1.54, 1.807) is 24.3 Å². The third-order valence-corrected chi connectivity index (χ3v) is 5.07. The molecule has 1 aromatic heterocycles. The van der Waals surface area contributed by atoms with Crippen molar-refractivity contribution in [1.29, 1.82) is 0 Å². The van der Waals surface area contributed by atoms with Crippen molar-refractivity contribution in [2.45, 2.75) is 0 Å². The van der Waals surface area contributed by atoms with Crippen LogP contribution in [0.1, 0.15) is 10.4 Å². The van der Waals surface area contributed by atoms with E-state index in [1.165, 1.54) is 0 Å². The van der Waals surface area contributed by atoms with Crippen LogP contribution in [0.15, 0.2) is 79.4 Å². The molecule has 1 heterocycles. The molecule has 6 heteroatoms. The molecule has 0 radical (unpaired) electrons. The maximum Gasteiger partial charge on any atom is 0.251 e. The summed E-state index contributed by atoms with van der Waals surface area (Å²) in [7, 11) is 0. The summed E-state index contributed by atoms with van der Waals surface area (Å²) >= 11 is 12.1. The van der Waals surface area contributed by atoms with Crippen molar-refractivity contribution in [3.05, 3.63) is 95.0 Å². The fourth-order valence-corrected chi connectivity index (χ4v) is 3.33. The molecule has 148 valence electrons. The number of rotatable bonds is 5. The molecule has 0 spiro atoms. The first kappa shape index (κ1) is 20.1. The van der Waals surface area contributed by atoms with Crippen LogP contribution in [-0.2, 0) is 0 Å². The molecule has 0 aliphatic heterocycles. The quantitative estimate of drug-likeness (QED) is 0.381. The molecule has 1 N–H and O–H groups in total. The summed E-state index contributed by atoms with van der Waals surface area (Å²) < 4.78 is 0. The number of carbonyl (C=O) groups is 1. The van der Waals surface area contributed by atoms with Gasteiger partial charge in [0, 0.05) is 33.3 Å². The maximum absolute atomic E-state index is 12.3. The van der Waals surface area contributed by atoms with E-state index in [-0.39, 0.29) is 5.91 Å². The molecule has 4 nitrogen and oxygen atoms in total. The van der Waals surface area contributed by atoms with Gasteiger partial charge < -0.3 is 5.32 Å². The number of amides is 1. The second kappa shape index (κ2) is 8.66. The number of nitrogens with zero attached hydrogens (tertiary/aromatic N) is 2. The maximum atomic E-state index is 12.3. The van der Waals surface area contributed by atoms with Crippen molar-refractivity contribution in [2.24, 2.45) is 0 Å². The Hall–Kier alpha value is -3.21. The Morgan fingerprint density at radius 1 is 0.833 bits per heavy atom. The van der Waals surface area contributed by atoms with Crippen LogP contribution in [0.25, 0.3) is 33.5 Å². The lowest BCUT2D eigenvalue weighted by Crippen LogP contribution is -2.23. The van der Waals surface area contributed by atoms with Crippen molar-refractivity contribution < 1.29 is 4.79 Å². The Morgan fingerprint density at radius 2 is 1.37 bits per heavy atom. The van der Waals surface area contributed by atoms with E-state index in [4.69, 9.17) is 33.2 Å². The third-order valence-electron chi connectivity index (χ3n) is 4.57. The highest BCUT2D eigenvalue weighted by Crippen LogP contribution is 2.32. The minimum Gasteiger partial charge on any atom is -0.349 e. The first-order chi connectivity index (χ1) is 14.5. The van der Waals surface area contributed by atoms with Crippen molar-refractivity contribution in [3.63, 3.8) is 0 Å². The third kappa shape index (κ3) is 4.20. The standard InChI is InChI=1S/C24H17Cl2N3O/c1-2-13-27-24(30)17-7-12-20-21(14-17)29-23(16-5-10-19(26)11-6-16)22(28-20)15-3-8-18(25)9-4-15/h2-12,14H,1,13H2,(H,27,30). The van der Waals surface area contributed by atoms with Gasteiger partial charge in [-0.15, -0.1) is 6.58 Å². The topological polar surface area (TPSA) is 54.9 Å². The number of carbonyl (C=O) groups excluding carboxylic acids is 1. The molecule has 0 fully saturated rings. The summed E-state index contributed by atoms with van der Waals surface area (Å²) in [5.41, 5.74) is 5.03. The SMILES string of the molecule is C=CCNC(=O)c1ccc2nc(-c3ccc(Cl)cc3)c(-c3ccc(Cl)cc3)nc2c1. The Bertz CT molecular complexity index is 1240. The first-order valence-electron chi connectivity index (χ1n) is 9.28. The van der Waals surface area contributed by atoms with Gasteiger partial charge in [-0.25, -0.2) is 9.97 Å². The lowest BCUT2D eigenvalue weighted by atomic mass is 10.0. The second-order valence-electron chi connectivity index (χ2n) is 6.64. The highest BCUT2D eigenvalue weighted by Gasteiger charge is 2.15. The molecule has 4 aromatic rings. The van der Waals surface area contributed by atoms with Crippen molar-refractivity contribution >= 4 is 40.1 Å². The van der Waals surface area contributed by atoms with Crippen molar-refractivity contribution in [3.8, 4) is 22.5 Å². The molecule has 0 unspecified atom stereocenters. The van der Waals surface area contributed by atoms with E-state index in [9.17, 15) is 4.79 Å². The highest BCUT2D eigenvalue weighted by atomic mass is 35.5. The van der Waals surface area contributed by atoms with Crippen LogP contribution in [0.2, 0.25) is 10.0 Å². The Balaban J connectivity index is 1.89. The zero-order valence-electron chi connectivity index (χ0n) is 15.9. The summed E-state index contributed by atoms with van der Waals surface area (Å²) in [6.45, 7) is 4.01. The van der Waals surface area contributed by atoms with E-state index in [1.807, 2.05) is 48.5 Å². The van der Waals surface area contributed by atoms with Gasteiger partial charge in [0.05, 0.1) is 22.4 Å². The second-order valence-corrected chi connectivity index (χ2v) is 7.51. The molecule has 0 atom stereocenters. The molecule has 0 saturated heterocycles. The van der Waals surface area contributed by atoms with Crippen LogP contribution >= 0.6 is 23.2 Å². The Morgan fingerprint density at radius 3 is 1.90 bits per heavy atom. The van der Waals surface area contributed by atoms with Crippen LogP contribution in [0.3, 0.4) is 0 Å². The minimum absolute atomic E-state index is 0.187. The Kier molecular flexibility index (Phi) is 5.79. The normalized spacial score (nSPS) is 10.7. The van der Waals surface area contributed by atoms with Gasteiger partial charge in [-0.05, 0) is 42.5 Å². The fraction of sp³-hybridized carbons (Fsp3) is 0.0417. The van der Waals surface area contributed by atoms with Crippen LogP contribution < -0.4 is 5.32 Å². The molecule has 3 aromatic carbocycles. The molecule has 0 saturated carbocycles. The number of hydrogen-bond donors (Lipinski definition) is 1. The van der Waals surface area contributed by atoms with Gasteiger partial charge in [0.1, 0.15) is 0 Å². The molecule has 0 aliphatic rings. The first-order valence-corrected chi connectivity index (χ1v) is 10.0. The average Bonchev–Trinajstić information content (AvgIpc) is 2.77. The molecule has 4 rings (SSSR count). The van der Waals surface area contributed by atoms with Gasteiger partial charge in [0.25, 0.3) is 5.91 Å². The van der Waals surface area contributed by atoms with Crippen molar-refractivity contribution in [2.75, 3.05) is 6.54 Å². The zero-order valence-corrected chi connectivity index (χ0v) is 17.4. The van der Waals surface area contributed by atoms with Crippen LogP contribution in [0.5, 0.6) is 0 Å². The molecular formula is C24H17Cl2N3O. The van der Waals surface area contributed by atoms with Gasteiger partial charge in [0.2, 0.25) is 0 Å². The number of aromatic nitrogens is 2. The summed E-state index contributed by atoms with van der Waals surface area (Å²) in [6, 6.07) is 20.2. The van der Waals surface area contributed by atoms with Crippen LogP contribution in [0, 0.1) is 0 Å². The van der Waals surface area contributed by atoms with E-state index in [0.29, 0.717) is 38.9 Å². The molecule has 0 aliphatic carbocycles. The lowest BCUT2D eigenvalue weighted by Gasteiger charge is -2.12. The number of hydrogen-bond acceptors (Lipinski definition) is 3. The van der Waals surface area contributed by atoms with Crippen LogP contribution in [-0.4, -0.2) is 22.4 Å². The van der Waals surface area contributed by atoms with E-state index in [2.05, 4.69) is 11.9 Å². The predicted octanol–water partition coefficient (Wildman–Crippen LogP) is 6.19. The van der Waals surface area contributed by atoms with Gasteiger partial charge in [0.15, 0.2) is 0 Å². The monoisotopic (exact) mass is 433 g/mol. The molecule has 0 bridgehead atoms. The molecule has 1 amide bonds. The highest BCUT2D eigenvalue weighted by molar-refractivity contribution is 6.31. The summed E-state index contributed by atoms with van der Waals surface area (Å²) in [6.07, 6.45) is 1.63. The van der Waals surface area contributed by atoms with Gasteiger partial charge in [-0.3, -0.25) is 4.79 Å². The number of benzene rings is 3. The molecule has 30 heavy (non-hydrogen) atoms. The summed E-state index contributed by atoms with van der Waals surface area (Å²) in [5, 5.41) is 4.07. The smallest absolute Gasteiger partial charge is 0.251 e. The van der Waals surface area contributed by atoms with Gasteiger partial charge in [-0.1, -0.05) is 53.5 Å². The zero-order chi connectivity index (χ0) is 21.1. The number of nitrogens with one attached hydrogen (secondary N) is 1. The fourth-order valence-electron chi connectivity index (χ4n) is 3.08. The van der Waals surface area contributed by atoms with E-state index in [0.717, 1.165) is 16.8 Å². The van der Waals surface area contributed by atoms with Gasteiger partial charge in [-0.2, -0.15) is 0 Å². The minimum atomic E-state index is -0.187. The summed E-state index contributed by atoms with van der Waals surface area (Å²) in [4.78, 5) is 22.0. The lowest BCUT2D eigenvalue weighted by molar-refractivity contribution is 0.0958. The van der Waals surface area contributed by atoms with Crippen LogP contribution in [0.4, 0.5) is 0 Å². The number of halogens is 2. The predicted molar refractivity (Wildman–Crippen MR) is 123 cm³/mol. The van der Waals surface area contributed by atoms with Gasteiger partial charge >= 0.3 is 0 Å². The van der Waals surface area contributed by atoms with E-state index >= 15 is 0 Å². The summed E-state index contributed by atoms with van der Waals surface area (Å²) in [5.74, 6) is -0.187. The molecular weight excluding hydrogens is 417 g/mol. The van der Waals surface area contributed by atoms with Crippen molar-refractivity contribution in [1.82, 2.24) is 15.3 Å². The average molecular weight is 434 g/mol. The largest absolute Gasteiger partial charge is 0.349 e. The Labute approximate surface area is 184 Å².